The molecular formula is C19H24F3N3O6. The number of aliphatic carboxylic acids is 2. The van der Waals surface area contributed by atoms with E-state index in [1.807, 2.05) is 12.1 Å². The number of urea groups is 1. The predicted molar refractivity (Wildman–Crippen MR) is 102 cm³/mol. The van der Waals surface area contributed by atoms with E-state index in [4.69, 9.17) is 14.6 Å². The number of aryl methyl sites for hydroxylation is 2. The molecule has 0 aromatic carbocycles. The van der Waals surface area contributed by atoms with Gasteiger partial charge in [-0.2, -0.15) is 13.2 Å². The Kier molecular flexibility index (Phi) is 7.82. The Hall–Kier alpha value is -2.89. The van der Waals surface area contributed by atoms with Crippen LogP contribution >= 0.6 is 0 Å². The van der Waals surface area contributed by atoms with E-state index in [1.54, 1.807) is 0 Å². The summed E-state index contributed by atoms with van der Waals surface area (Å²) >= 11 is 0. The van der Waals surface area contributed by atoms with E-state index < -0.39 is 23.5 Å². The number of amides is 2. The highest BCUT2D eigenvalue weighted by molar-refractivity contribution is 5.89. The molecule has 0 radical (unpaired) electrons. The van der Waals surface area contributed by atoms with Crippen LogP contribution in [0.2, 0.25) is 0 Å². The molecule has 0 bridgehead atoms. The number of alkyl halides is 3. The summed E-state index contributed by atoms with van der Waals surface area (Å²) in [7, 11) is 1.48. The number of ether oxygens (including phenoxy) is 1. The van der Waals surface area contributed by atoms with Crippen molar-refractivity contribution in [1.82, 2.24) is 9.88 Å². The van der Waals surface area contributed by atoms with Gasteiger partial charge in [-0.15, -0.1) is 0 Å². The van der Waals surface area contributed by atoms with Gasteiger partial charge in [0.1, 0.15) is 11.2 Å². The molecule has 12 heteroatoms. The van der Waals surface area contributed by atoms with Crippen molar-refractivity contribution in [2.24, 2.45) is 5.41 Å². The van der Waals surface area contributed by atoms with Gasteiger partial charge < -0.3 is 19.8 Å². The van der Waals surface area contributed by atoms with Crippen molar-refractivity contribution in [3.8, 4) is 0 Å². The third kappa shape index (κ3) is 6.29. The Balaban J connectivity index is 0.000000423. The molecule has 3 N–H and O–H groups in total. The van der Waals surface area contributed by atoms with Crippen molar-refractivity contribution < 1.29 is 42.5 Å². The zero-order valence-corrected chi connectivity index (χ0v) is 16.9. The molecule has 1 aliphatic carbocycles. The number of halogens is 3. The molecule has 172 valence electrons. The first kappa shape index (κ1) is 24.4. The van der Waals surface area contributed by atoms with E-state index in [1.165, 1.54) is 24.0 Å². The van der Waals surface area contributed by atoms with E-state index >= 15 is 0 Å². The van der Waals surface area contributed by atoms with Crippen LogP contribution in [0, 0.1) is 5.41 Å². The second-order valence-electron chi connectivity index (χ2n) is 7.43. The number of nitrogens with one attached hydrogen (secondary N) is 1. The van der Waals surface area contributed by atoms with Crippen LogP contribution in [0.5, 0.6) is 0 Å². The molecule has 1 aromatic heterocycles. The quantitative estimate of drug-likeness (QED) is 0.647. The number of likely N-dealkylation sites (tertiary alicyclic amines) is 1. The molecule has 2 heterocycles. The summed E-state index contributed by atoms with van der Waals surface area (Å²) in [5.74, 6) is -3.15. The fraction of sp³-hybridized carbons (Fsp3) is 0.579. The minimum Gasteiger partial charge on any atom is -0.481 e. The fourth-order valence-electron chi connectivity index (χ4n) is 3.52. The number of aromatic nitrogens is 1. The van der Waals surface area contributed by atoms with Crippen molar-refractivity contribution in [3.63, 3.8) is 0 Å². The monoisotopic (exact) mass is 447 g/mol. The summed E-state index contributed by atoms with van der Waals surface area (Å²) in [6.07, 6.45) is -0.395. The largest absolute Gasteiger partial charge is 0.490 e. The number of pyridine rings is 1. The third-order valence-corrected chi connectivity index (χ3v) is 5.17. The number of hydrogen-bond donors (Lipinski definition) is 3. The van der Waals surface area contributed by atoms with Crippen LogP contribution in [0.3, 0.4) is 0 Å². The van der Waals surface area contributed by atoms with E-state index in [2.05, 4.69) is 10.3 Å². The minimum atomic E-state index is -5.08. The van der Waals surface area contributed by atoms with Gasteiger partial charge in [-0.1, -0.05) is 6.07 Å². The summed E-state index contributed by atoms with van der Waals surface area (Å²) in [5.41, 5.74) is 1.29. The highest BCUT2D eigenvalue weighted by Gasteiger charge is 2.46. The lowest BCUT2D eigenvalue weighted by Gasteiger charge is -2.24. The number of carbonyl (C=O) groups excluding carboxylic acids is 1. The van der Waals surface area contributed by atoms with Crippen molar-refractivity contribution >= 4 is 23.8 Å². The van der Waals surface area contributed by atoms with Gasteiger partial charge in [0.2, 0.25) is 0 Å². The number of carboxylic acid groups (broad SMARTS) is 2. The average Bonchev–Trinajstić information content (AvgIpc) is 3.14. The summed E-state index contributed by atoms with van der Waals surface area (Å²) in [5, 5.41) is 19.4. The van der Waals surface area contributed by atoms with E-state index in [0.717, 1.165) is 25.0 Å². The van der Waals surface area contributed by atoms with Crippen LogP contribution in [-0.4, -0.2) is 71.0 Å². The van der Waals surface area contributed by atoms with Crippen LogP contribution < -0.4 is 5.32 Å². The van der Waals surface area contributed by atoms with Crippen molar-refractivity contribution in [2.75, 3.05) is 32.1 Å². The van der Waals surface area contributed by atoms with Crippen molar-refractivity contribution in [2.45, 2.75) is 38.3 Å². The maximum atomic E-state index is 12.4. The molecule has 0 saturated carbocycles. The molecule has 1 fully saturated rings. The normalized spacial score (nSPS) is 20.3. The molecule has 9 nitrogen and oxygen atoms in total. The summed E-state index contributed by atoms with van der Waals surface area (Å²) in [6, 6.07) is 3.53. The first-order valence-electron chi connectivity index (χ1n) is 9.56. The van der Waals surface area contributed by atoms with Gasteiger partial charge >= 0.3 is 24.1 Å². The number of carboxylic acids is 2. The van der Waals surface area contributed by atoms with E-state index in [-0.39, 0.29) is 19.2 Å². The molecule has 1 saturated heterocycles. The number of methoxy groups -OCH3 is 1. The number of nitrogens with zero attached hydrogens (tertiary/aromatic N) is 2. The number of fused-ring (bicyclic) bond motifs is 1. The number of hydrogen-bond acceptors (Lipinski definition) is 5. The molecule has 31 heavy (non-hydrogen) atoms. The van der Waals surface area contributed by atoms with Gasteiger partial charge in [-0.05, 0) is 43.7 Å². The molecule has 1 unspecified atom stereocenters. The zero-order chi connectivity index (χ0) is 23.2. The first-order valence-corrected chi connectivity index (χ1v) is 9.56. The van der Waals surface area contributed by atoms with Gasteiger partial charge in [0.25, 0.3) is 0 Å². The third-order valence-electron chi connectivity index (χ3n) is 5.17. The van der Waals surface area contributed by atoms with Gasteiger partial charge in [0.15, 0.2) is 0 Å². The van der Waals surface area contributed by atoms with Crippen LogP contribution in [-0.2, 0) is 27.2 Å². The van der Waals surface area contributed by atoms with Gasteiger partial charge in [-0.25, -0.2) is 14.6 Å². The zero-order valence-electron chi connectivity index (χ0n) is 16.9. The molecule has 3 rings (SSSR count). The fourth-order valence-corrected chi connectivity index (χ4v) is 3.52. The van der Waals surface area contributed by atoms with E-state index in [0.29, 0.717) is 18.8 Å². The number of anilines is 1. The van der Waals surface area contributed by atoms with Gasteiger partial charge in [-0.3, -0.25) is 10.1 Å². The number of carbonyl (C=O) groups is 3. The molecule has 1 aromatic rings. The van der Waals surface area contributed by atoms with Crippen LogP contribution in [0.4, 0.5) is 23.8 Å². The number of rotatable bonds is 4. The highest BCUT2D eigenvalue weighted by Crippen LogP contribution is 2.31. The Morgan fingerprint density at radius 3 is 2.45 bits per heavy atom. The molecule has 2 amide bonds. The van der Waals surface area contributed by atoms with Crippen LogP contribution in [0.25, 0.3) is 0 Å². The second-order valence-corrected chi connectivity index (χ2v) is 7.43. The second kappa shape index (κ2) is 9.94. The first-order chi connectivity index (χ1) is 14.5. The summed E-state index contributed by atoms with van der Waals surface area (Å²) < 4.78 is 36.8. The Bertz CT molecular complexity index is 833. The topological polar surface area (TPSA) is 129 Å². The smallest absolute Gasteiger partial charge is 0.481 e. The highest BCUT2D eigenvalue weighted by atomic mass is 19.4. The predicted octanol–water partition coefficient (Wildman–Crippen LogP) is 2.55. The molecule has 0 spiro atoms. The maximum absolute atomic E-state index is 12.4. The Morgan fingerprint density at radius 2 is 1.87 bits per heavy atom. The molecular weight excluding hydrogens is 423 g/mol. The van der Waals surface area contributed by atoms with Gasteiger partial charge in [0.05, 0.1) is 6.61 Å². The van der Waals surface area contributed by atoms with E-state index in [9.17, 15) is 27.9 Å². The standard InChI is InChI=1S/C17H23N3O4.C2HF3O2/c1-24-11-17(15(21)22)8-9-20(10-17)16(23)19-14-7-6-12-4-2-3-5-13(12)18-14;3-2(4,5)1(6)7/h6-7H,2-5,8-11H2,1H3,(H,21,22)(H,18,19,23);(H,6,7). The summed E-state index contributed by atoms with van der Waals surface area (Å²) in [4.78, 5) is 38.9. The lowest BCUT2D eigenvalue weighted by atomic mass is 9.88. The summed E-state index contributed by atoms with van der Waals surface area (Å²) in [6.45, 7) is 0.641. The van der Waals surface area contributed by atoms with Crippen molar-refractivity contribution in [3.05, 3.63) is 23.4 Å². The van der Waals surface area contributed by atoms with Crippen molar-refractivity contribution in [1.29, 1.82) is 0 Å². The maximum Gasteiger partial charge on any atom is 0.490 e. The SMILES string of the molecule is COCC1(C(=O)O)CCN(C(=O)Nc2ccc3c(n2)CCCC3)C1.O=C(O)C(F)(F)F. The molecule has 1 atom stereocenters. The lowest BCUT2D eigenvalue weighted by molar-refractivity contribution is -0.192. The minimum absolute atomic E-state index is 0.100. The van der Waals surface area contributed by atoms with Crippen LogP contribution in [0.1, 0.15) is 30.5 Å². The average molecular weight is 447 g/mol. The Morgan fingerprint density at radius 1 is 1.23 bits per heavy atom. The molecule has 1 aliphatic heterocycles. The van der Waals surface area contributed by atoms with Gasteiger partial charge in [0, 0.05) is 25.9 Å². The Labute approximate surface area is 176 Å². The van der Waals surface area contributed by atoms with Crippen LogP contribution in [0.15, 0.2) is 12.1 Å². The molecule has 2 aliphatic rings. The lowest BCUT2D eigenvalue weighted by Crippen LogP contribution is -2.41.